The summed E-state index contributed by atoms with van der Waals surface area (Å²) in [6.07, 6.45) is 0. The molecule has 0 aliphatic heterocycles. The molecule has 0 saturated carbocycles. The first-order chi connectivity index (χ1) is 9.40. The molecule has 20 heavy (non-hydrogen) atoms. The molecular formula is C13H19N3O4. The lowest BCUT2D eigenvalue weighted by Crippen LogP contribution is -2.27. The molecule has 0 radical (unpaired) electrons. The van der Waals surface area contributed by atoms with E-state index in [0.717, 1.165) is 0 Å². The van der Waals surface area contributed by atoms with E-state index in [2.05, 4.69) is 10.6 Å². The molecule has 0 aliphatic rings. The third-order valence-corrected chi connectivity index (χ3v) is 3.21. The number of aliphatic hydroxyl groups excluding tert-OH is 1. The number of aliphatic hydroxyl groups is 1. The molecule has 7 heteroatoms. The monoisotopic (exact) mass is 281 g/mol. The maximum absolute atomic E-state index is 11.6. The van der Waals surface area contributed by atoms with Gasteiger partial charge in [0.2, 0.25) is 0 Å². The van der Waals surface area contributed by atoms with Gasteiger partial charge in [-0.3, -0.25) is 14.9 Å². The number of nitrogens with one attached hydrogen (secondary N) is 2. The maximum atomic E-state index is 11.6. The summed E-state index contributed by atoms with van der Waals surface area (Å²) in [5.74, 6) is -0.385. The second kappa shape index (κ2) is 6.85. The van der Waals surface area contributed by atoms with Gasteiger partial charge < -0.3 is 15.7 Å². The third-order valence-electron chi connectivity index (χ3n) is 3.21. The summed E-state index contributed by atoms with van der Waals surface area (Å²) in [5.41, 5.74) is 0.503. The fraction of sp³-hybridized carbons (Fsp3) is 0.462. The third kappa shape index (κ3) is 3.67. The summed E-state index contributed by atoms with van der Waals surface area (Å²) < 4.78 is 0. The SMILES string of the molecule is CNC(=O)c1ccc([N+](=O)[O-])c(NC(C)C(C)CO)c1. The predicted octanol–water partition coefficient (Wildman–Crippen LogP) is 1.38. The van der Waals surface area contributed by atoms with E-state index >= 15 is 0 Å². The minimum Gasteiger partial charge on any atom is -0.396 e. The topological polar surface area (TPSA) is 104 Å². The van der Waals surface area contributed by atoms with Gasteiger partial charge in [-0.2, -0.15) is 0 Å². The normalized spacial score (nSPS) is 13.4. The van der Waals surface area contributed by atoms with E-state index in [1.807, 2.05) is 13.8 Å². The Kier molecular flexibility index (Phi) is 5.45. The van der Waals surface area contributed by atoms with Crippen LogP contribution >= 0.6 is 0 Å². The molecule has 110 valence electrons. The van der Waals surface area contributed by atoms with Crippen LogP contribution in [-0.2, 0) is 0 Å². The summed E-state index contributed by atoms with van der Waals surface area (Å²) in [6.45, 7) is 3.61. The zero-order valence-corrected chi connectivity index (χ0v) is 11.7. The van der Waals surface area contributed by atoms with E-state index < -0.39 is 4.92 Å². The van der Waals surface area contributed by atoms with Crippen LogP contribution in [0.5, 0.6) is 0 Å². The number of nitro benzene ring substituents is 1. The van der Waals surface area contributed by atoms with Crippen LogP contribution in [0.25, 0.3) is 0 Å². The Morgan fingerprint density at radius 1 is 1.45 bits per heavy atom. The van der Waals surface area contributed by atoms with E-state index in [0.29, 0.717) is 5.56 Å². The van der Waals surface area contributed by atoms with E-state index in [-0.39, 0.29) is 35.8 Å². The lowest BCUT2D eigenvalue weighted by atomic mass is 10.0. The van der Waals surface area contributed by atoms with Crippen molar-refractivity contribution >= 4 is 17.3 Å². The van der Waals surface area contributed by atoms with Crippen molar-refractivity contribution in [1.29, 1.82) is 0 Å². The van der Waals surface area contributed by atoms with Gasteiger partial charge in [0.25, 0.3) is 11.6 Å². The average molecular weight is 281 g/mol. The number of anilines is 1. The maximum Gasteiger partial charge on any atom is 0.292 e. The highest BCUT2D eigenvalue weighted by atomic mass is 16.6. The van der Waals surface area contributed by atoms with E-state index in [9.17, 15) is 14.9 Å². The average Bonchev–Trinajstić information content (AvgIpc) is 2.44. The van der Waals surface area contributed by atoms with Crippen molar-refractivity contribution < 1.29 is 14.8 Å². The molecule has 0 fully saturated rings. The summed E-state index contributed by atoms with van der Waals surface area (Å²) in [6, 6.07) is 3.97. The van der Waals surface area contributed by atoms with Gasteiger partial charge in [-0.25, -0.2) is 0 Å². The van der Waals surface area contributed by atoms with Gasteiger partial charge in [0, 0.05) is 31.3 Å². The standard InChI is InChI=1S/C13H19N3O4/c1-8(7-17)9(2)15-11-6-10(13(18)14-3)4-5-12(11)16(19)20/h4-6,8-9,15,17H,7H2,1-3H3,(H,14,18). The largest absolute Gasteiger partial charge is 0.396 e. The number of carbonyl (C=O) groups excluding carboxylic acids is 1. The smallest absolute Gasteiger partial charge is 0.292 e. The Balaban J connectivity index is 3.12. The number of rotatable bonds is 6. The summed E-state index contributed by atoms with van der Waals surface area (Å²) in [7, 11) is 1.49. The summed E-state index contributed by atoms with van der Waals surface area (Å²) in [5, 5.41) is 25.6. The Morgan fingerprint density at radius 2 is 2.10 bits per heavy atom. The number of amides is 1. The van der Waals surface area contributed by atoms with E-state index in [1.54, 1.807) is 0 Å². The first-order valence-electron chi connectivity index (χ1n) is 6.28. The summed E-state index contributed by atoms with van der Waals surface area (Å²) in [4.78, 5) is 22.1. The van der Waals surface area contributed by atoms with Crippen molar-refractivity contribution in [2.45, 2.75) is 19.9 Å². The molecule has 0 bridgehead atoms. The van der Waals surface area contributed by atoms with Crippen LogP contribution in [0.3, 0.4) is 0 Å². The molecule has 0 aromatic heterocycles. The van der Waals surface area contributed by atoms with Crippen LogP contribution in [0, 0.1) is 16.0 Å². The van der Waals surface area contributed by atoms with Crippen molar-refractivity contribution in [3.8, 4) is 0 Å². The van der Waals surface area contributed by atoms with Gasteiger partial charge in [0.15, 0.2) is 0 Å². The molecule has 7 nitrogen and oxygen atoms in total. The van der Waals surface area contributed by atoms with Crippen molar-refractivity contribution in [3.63, 3.8) is 0 Å². The zero-order valence-electron chi connectivity index (χ0n) is 11.7. The Bertz CT molecular complexity index is 504. The van der Waals surface area contributed by atoms with Crippen LogP contribution in [0.4, 0.5) is 11.4 Å². The van der Waals surface area contributed by atoms with Crippen molar-refractivity contribution in [2.24, 2.45) is 5.92 Å². The van der Waals surface area contributed by atoms with Crippen molar-refractivity contribution in [3.05, 3.63) is 33.9 Å². The number of nitro groups is 1. The number of hydrogen-bond acceptors (Lipinski definition) is 5. The first kappa shape index (κ1) is 15.9. The minimum absolute atomic E-state index is 0.0307. The molecule has 3 N–H and O–H groups in total. The molecule has 1 aromatic carbocycles. The molecule has 0 heterocycles. The van der Waals surface area contributed by atoms with Crippen LogP contribution in [0.2, 0.25) is 0 Å². The second-order valence-corrected chi connectivity index (χ2v) is 4.66. The van der Waals surface area contributed by atoms with E-state index in [4.69, 9.17) is 5.11 Å². The lowest BCUT2D eigenvalue weighted by Gasteiger charge is -2.20. The number of hydrogen-bond donors (Lipinski definition) is 3. The number of carbonyl (C=O) groups is 1. The van der Waals surface area contributed by atoms with Crippen LogP contribution in [-0.4, -0.2) is 35.6 Å². The van der Waals surface area contributed by atoms with E-state index in [1.165, 1.54) is 25.2 Å². The Hall–Kier alpha value is -2.15. The first-order valence-corrected chi connectivity index (χ1v) is 6.28. The van der Waals surface area contributed by atoms with Gasteiger partial charge >= 0.3 is 0 Å². The van der Waals surface area contributed by atoms with Gasteiger partial charge in [-0.1, -0.05) is 6.92 Å². The number of benzene rings is 1. The molecule has 1 amide bonds. The minimum atomic E-state index is -0.508. The van der Waals surface area contributed by atoms with Crippen molar-refractivity contribution in [1.82, 2.24) is 5.32 Å². The Labute approximate surface area is 117 Å². The highest BCUT2D eigenvalue weighted by Crippen LogP contribution is 2.27. The number of nitrogens with zero attached hydrogens (tertiary/aromatic N) is 1. The van der Waals surface area contributed by atoms with Crippen LogP contribution in [0.15, 0.2) is 18.2 Å². The molecule has 1 rings (SSSR count). The second-order valence-electron chi connectivity index (χ2n) is 4.66. The Morgan fingerprint density at radius 3 is 2.60 bits per heavy atom. The molecular weight excluding hydrogens is 262 g/mol. The van der Waals surface area contributed by atoms with Crippen molar-refractivity contribution in [2.75, 3.05) is 19.0 Å². The molecule has 1 aromatic rings. The molecule has 0 saturated heterocycles. The zero-order chi connectivity index (χ0) is 15.3. The van der Waals surface area contributed by atoms with Crippen LogP contribution in [0.1, 0.15) is 24.2 Å². The highest BCUT2D eigenvalue weighted by molar-refractivity contribution is 5.95. The summed E-state index contributed by atoms with van der Waals surface area (Å²) >= 11 is 0. The van der Waals surface area contributed by atoms with Gasteiger partial charge in [0.1, 0.15) is 5.69 Å². The van der Waals surface area contributed by atoms with Gasteiger partial charge in [0.05, 0.1) is 4.92 Å². The fourth-order valence-corrected chi connectivity index (χ4v) is 1.64. The van der Waals surface area contributed by atoms with Gasteiger partial charge in [-0.05, 0) is 25.0 Å². The fourth-order valence-electron chi connectivity index (χ4n) is 1.64. The quantitative estimate of drug-likeness (QED) is 0.540. The van der Waals surface area contributed by atoms with Crippen LogP contribution < -0.4 is 10.6 Å². The molecule has 2 unspecified atom stereocenters. The predicted molar refractivity (Wildman–Crippen MR) is 75.8 cm³/mol. The molecule has 2 atom stereocenters. The molecule has 0 aliphatic carbocycles. The molecule has 0 spiro atoms. The van der Waals surface area contributed by atoms with Gasteiger partial charge in [-0.15, -0.1) is 0 Å². The highest BCUT2D eigenvalue weighted by Gasteiger charge is 2.19. The lowest BCUT2D eigenvalue weighted by molar-refractivity contribution is -0.384.